The lowest BCUT2D eigenvalue weighted by Crippen LogP contribution is -2.40. The van der Waals surface area contributed by atoms with E-state index in [4.69, 9.17) is 17.3 Å². The van der Waals surface area contributed by atoms with Crippen LogP contribution in [-0.4, -0.2) is 18.5 Å². The smallest absolute Gasteiger partial charge is 0.251 e. The number of carbonyl (C=O) groups is 1. The van der Waals surface area contributed by atoms with Crippen molar-refractivity contribution in [2.24, 2.45) is 5.73 Å². The van der Waals surface area contributed by atoms with Gasteiger partial charge in [-0.2, -0.15) is 0 Å². The molecule has 0 aliphatic rings. The van der Waals surface area contributed by atoms with Gasteiger partial charge in [0, 0.05) is 18.2 Å². The lowest BCUT2D eigenvalue weighted by atomic mass is 10.1. The van der Waals surface area contributed by atoms with Crippen molar-refractivity contribution in [2.75, 3.05) is 6.54 Å². The number of rotatable bonds is 6. The Morgan fingerprint density at radius 1 is 1.56 bits per heavy atom. The molecule has 1 amide bonds. The maximum absolute atomic E-state index is 13.2. The fraction of sp³-hybridized carbons (Fsp3) is 0.462. The van der Waals surface area contributed by atoms with Gasteiger partial charge in [-0.25, -0.2) is 4.39 Å². The second kappa shape index (κ2) is 7.34. The van der Waals surface area contributed by atoms with E-state index in [1.807, 2.05) is 0 Å². The van der Waals surface area contributed by atoms with E-state index < -0.39 is 5.82 Å². The summed E-state index contributed by atoms with van der Waals surface area (Å²) in [5.74, 6) is -0.917. The summed E-state index contributed by atoms with van der Waals surface area (Å²) in [6.45, 7) is 2.45. The Morgan fingerprint density at radius 3 is 2.83 bits per heavy atom. The zero-order valence-corrected chi connectivity index (χ0v) is 11.1. The van der Waals surface area contributed by atoms with Crippen molar-refractivity contribution in [1.29, 1.82) is 0 Å². The predicted octanol–water partition coefficient (Wildman–Crippen LogP) is 2.73. The highest BCUT2D eigenvalue weighted by Gasteiger charge is 2.13. The first kappa shape index (κ1) is 14.9. The second-order valence-corrected chi connectivity index (χ2v) is 4.58. The molecule has 1 rings (SSSR count). The summed E-state index contributed by atoms with van der Waals surface area (Å²) in [6.07, 6.45) is 2.87. The molecule has 3 N–H and O–H groups in total. The number of unbranched alkanes of at least 4 members (excludes halogenated alkanes) is 1. The molecule has 0 aliphatic heterocycles. The van der Waals surface area contributed by atoms with E-state index in [1.165, 1.54) is 12.1 Å². The van der Waals surface area contributed by atoms with Gasteiger partial charge in [-0.1, -0.05) is 31.4 Å². The van der Waals surface area contributed by atoms with Crippen LogP contribution >= 0.6 is 11.6 Å². The maximum Gasteiger partial charge on any atom is 0.251 e. The van der Waals surface area contributed by atoms with Crippen LogP contribution in [0.15, 0.2) is 18.2 Å². The van der Waals surface area contributed by atoms with Crippen LogP contribution in [0.5, 0.6) is 0 Å². The standard InChI is InChI=1S/C13H18ClFN2O/c1-2-3-4-10(8-16)17-13(18)9-5-6-11(14)12(15)7-9/h5-7,10H,2-4,8,16H2,1H3,(H,17,18). The first-order chi connectivity index (χ1) is 8.58. The van der Waals surface area contributed by atoms with Gasteiger partial charge in [-0.15, -0.1) is 0 Å². The molecule has 0 fully saturated rings. The Morgan fingerprint density at radius 2 is 2.28 bits per heavy atom. The molecule has 0 bridgehead atoms. The molecule has 3 nitrogen and oxygen atoms in total. The summed E-state index contributed by atoms with van der Waals surface area (Å²) in [5, 5.41) is 2.80. The van der Waals surface area contributed by atoms with Crippen molar-refractivity contribution in [3.8, 4) is 0 Å². The van der Waals surface area contributed by atoms with Crippen molar-refractivity contribution in [2.45, 2.75) is 32.2 Å². The molecule has 18 heavy (non-hydrogen) atoms. The summed E-state index contributed by atoms with van der Waals surface area (Å²) < 4.78 is 13.2. The first-order valence-electron chi connectivity index (χ1n) is 6.04. The molecule has 0 radical (unpaired) electrons. The molecule has 1 aromatic rings. The molecule has 1 atom stereocenters. The molecule has 0 aromatic heterocycles. The molecule has 0 saturated carbocycles. The molecular weight excluding hydrogens is 255 g/mol. The fourth-order valence-electron chi connectivity index (χ4n) is 1.61. The van der Waals surface area contributed by atoms with E-state index >= 15 is 0 Å². The molecule has 1 unspecified atom stereocenters. The van der Waals surface area contributed by atoms with Crippen LogP contribution in [0.3, 0.4) is 0 Å². The third kappa shape index (κ3) is 4.27. The summed E-state index contributed by atoms with van der Waals surface area (Å²) in [5.41, 5.74) is 5.84. The van der Waals surface area contributed by atoms with E-state index in [1.54, 1.807) is 0 Å². The Kier molecular flexibility index (Phi) is 6.09. The molecule has 0 heterocycles. The molecule has 5 heteroatoms. The number of nitrogens with one attached hydrogen (secondary N) is 1. The maximum atomic E-state index is 13.2. The Labute approximate surface area is 112 Å². The quantitative estimate of drug-likeness (QED) is 0.837. The minimum Gasteiger partial charge on any atom is -0.348 e. The summed E-state index contributed by atoms with van der Waals surface area (Å²) in [4.78, 5) is 11.9. The van der Waals surface area contributed by atoms with Gasteiger partial charge in [0.15, 0.2) is 0 Å². The molecular formula is C13H18ClFN2O. The van der Waals surface area contributed by atoms with Crippen LogP contribution in [0.4, 0.5) is 4.39 Å². The van der Waals surface area contributed by atoms with Crippen molar-refractivity contribution in [3.63, 3.8) is 0 Å². The zero-order chi connectivity index (χ0) is 13.5. The van der Waals surface area contributed by atoms with Gasteiger partial charge in [0.25, 0.3) is 5.91 Å². The molecule has 100 valence electrons. The highest BCUT2D eigenvalue weighted by molar-refractivity contribution is 6.30. The first-order valence-corrected chi connectivity index (χ1v) is 6.42. The van der Waals surface area contributed by atoms with E-state index in [-0.39, 0.29) is 22.5 Å². The number of carbonyl (C=O) groups excluding carboxylic acids is 1. The minimum atomic E-state index is -0.595. The van der Waals surface area contributed by atoms with Crippen molar-refractivity contribution >= 4 is 17.5 Å². The largest absolute Gasteiger partial charge is 0.348 e. The van der Waals surface area contributed by atoms with Crippen LogP contribution in [0.25, 0.3) is 0 Å². The van der Waals surface area contributed by atoms with Gasteiger partial charge in [0.05, 0.1) is 5.02 Å². The highest BCUT2D eigenvalue weighted by atomic mass is 35.5. The number of halogens is 2. The van der Waals surface area contributed by atoms with E-state index in [0.29, 0.717) is 6.54 Å². The number of hydrogen-bond acceptors (Lipinski definition) is 2. The molecule has 0 saturated heterocycles. The van der Waals surface area contributed by atoms with Gasteiger partial charge < -0.3 is 11.1 Å². The van der Waals surface area contributed by atoms with Gasteiger partial charge in [-0.05, 0) is 24.6 Å². The monoisotopic (exact) mass is 272 g/mol. The summed E-state index contributed by atoms with van der Waals surface area (Å²) in [6, 6.07) is 3.92. The van der Waals surface area contributed by atoms with Gasteiger partial charge in [0.1, 0.15) is 5.82 Å². The average Bonchev–Trinajstić information content (AvgIpc) is 2.37. The minimum absolute atomic E-state index is 0.00732. The van der Waals surface area contributed by atoms with E-state index in [2.05, 4.69) is 12.2 Å². The van der Waals surface area contributed by atoms with Gasteiger partial charge in [0.2, 0.25) is 0 Å². The SMILES string of the molecule is CCCCC(CN)NC(=O)c1ccc(Cl)c(F)c1. The number of benzene rings is 1. The molecule has 0 aliphatic carbocycles. The topological polar surface area (TPSA) is 55.1 Å². The number of amides is 1. The Hall–Kier alpha value is -1.13. The van der Waals surface area contributed by atoms with Crippen molar-refractivity contribution < 1.29 is 9.18 Å². The van der Waals surface area contributed by atoms with Crippen LogP contribution in [0, 0.1) is 5.82 Å². The van der Waals surface area contributed by atoms with Crippen LogP contribution < -0.4 is 11.1 Å². The Balaban J connectivity index is 2.65. The third-order valence-electron chi connectivity index (χ3n) is 2.71. The summed E-state index contributed by atoms with van der Waals surface area (Å²) in [7, 11) is 0. The molecule has 0 spiro atoms. The Bertz CT molecular complexity index is 412. The average molecular weight is 273 g/mol. The van der Waals surface area contributed by atoms with Crippen LogP contribution in [0.2, 0.25) is 5.02 Å². The predicted molar refractivity (Wildman–Crippen MR) is 71.2 cm³/mol. The van der Waals surface area contributed by atoms with Crippen LogP contribution in [-0.2, 0) is 0 Å². The van der Waals surface area contributed by atoms with Crippen LogP contribution in [0.1, 0.15) is 36.5 Å². The number of nitrogens with two attached hydrogens (primary N) is 1. The number of hydrogen-bond donors (Lipinski definition) is 2. The van der Waals surface area contributed by atoms with Crippen molar-refractivity contribution in [3.05, 3.63) is 34.6 Å². The lowest BCUT2D eigenvalue weighted by molar-refractivity contribution is 0.0935. The fourth-order valence-corrected chi connectivity index (χ4v) is 1.72. The lowest BCUT2D eigenvalue weighted by Gasteiger charge is -2.16. The second-order valence-electron chi connectivity index (χ2n) is 4.18. The normalized spacial score (nSPS) is 12.2. The summed E-state index contributed by atoms with van der Waals surface area (Å²) >= 11 is 5.56. The van der Waals surface area contributed by atoms with Gasteiger partial charge >= 0.3 is 0 Å². The van der Waals surface area contributed by atoms with Gasteiger partial charge in [-0.3, -0.25) is 4.79 Å². The van der Waals surface area contributed by atoms with E-state index in [0.717, 1.165) is 25.3 Å². The third-order valence-corrected chi connectivity index (χ3v) is 3.01. The van der Waals surface area contributed by atoms with Crippen molar-refractivity contribution in [1.82, 2.24) is 5.32 Å². The van der Waals surface area contributed by atoms with E-state index in [9.17, 15) is 9.18 Å². The zero-order valence-electron chi connectivity index (χ0n) is 10.4. The highest BCUT2D eigenvalue weighted by Crippen LogP contribution is 2.15. The molecule has 1 aromatic carbocycles.